The number of aromatic nitrogens is 7. The van der Waals surface area contributed by atoms with E-state index in [2.05, 4.69) is 82.9 Å². The van der Waals surface area contributed by atoms with Gasteiger partial charge in [0, 0.05) is 47.6 Å². The van der Waals surface area contributed by atoms with Gasteiger partial charge in [0.2, 0.25) is 0 Å². The molecule has 0 radical (unpaired) electrons. The summed E-state index contributed by atoms with van der Waals surface area (Å²) < 4.78 is 0. The van der Waals surface area contributed by atoms with Crippen LogP contribution in [0, 0.1) is 0 Å². The molecular formula is C32H30N10. The molecule has 1 aliphatic rings. The Morgan fingerprint density at radius 3 is 2.38 bits per heavy atom. The van der Waals surface area contributed by atoms with Crippen LogP contribution in [0.25, 0.3) is 44.9 Å². The lowest BCUT2D eigenvalue weighted by atomic mass is 9.95. The number of hydrogen-bond acceptors (Lipinski definition) is 9. The molecule has 0 atom stereocenters. The van der Waals surface area contributed by atoms with Gasteiger partial charge in [-0.05, 0) is 55.3 Å². The number of benzene rings is 2. The fraction of sp³-hybridized carbons (Fsp3) is 0.188. The molecule has 4 aromatic heterocycles. The minimum atomic E-state index is 0.356. The SMILES string of the molecule is NNc1nccc2nc(-c3ccc(CN4CCC(c5nnc(-c6ncccn6)[nH]5)CC4)cc3)c(-c3ccccc3)cc12. The zero-order chi connectivity index (χ0) is 28.3. The normalized spacial score (nSPS) is 14.3. The molecular weight excluding hydrogens is 524 g/mol. The highest BCUT2D eigenvalue weighted by Gasteiger charge is 2.24. The minimum Gasteiger partial charge on any atom is -0.322 e. The lowest BCUT2D eigenvalue weighted by Gasteiger charge is -2.30. The van der Waals surface area contributed by atoms with Gasteiger partial charge in [0.15, 0.2) is 11.6 Å². The third kappa shape index (κ3) is 5.20. The number of aromatic amines is 1. The third-order valence-corrected chi connectivity index (χ3v) is 7.85. The number of hydrogen-bond donors (Lipinski definition) is 3. The van der Waals surface area contributed by atoms with Gasteiger partial charge in [-0.25, -0.2) is 25.8 Å². The number of nitrogen functional groups attached to an aromatic ring is 1. The van der Waals surface area contributed by atoms with Gasteiger partial charge in [-0.15, -0.1) is 10.2 Å². The quantitative estimate of drug-likeness (QED) is 0.180. The van der Waals surface area contributed by atoms with Crippen LogP contribution < -0.4 is 11.3 Å². The zero-order valence-electron chi connectivity index (χ0n) is 23.0. The van der Waals surface area contributed by atoms with E-state index < -0.39 is 0 Å². The smallest absolute Gasteiger partial charge is 0.199 e. The van der Waals surface area contributed by atoms with Crippen LogP contribution in [0.1, 0.15) is 30.1 Å². The molecule has 1 fully saturated rings. The van der Waals surface area contributed by atoms with Gasteiger partial charge >= 0.3 is 0 Å². The summed E-state index contributed by atoms with van der Waals surface area (Å²) in [5.41, 5.74) is 8.96. The van der Waals surface area contributed by atoms with Gasteiger partial charge in [0.1, 0.15) is 11.6 Å². The number of nitrogens with one attached hydrogen (secondary N) is 2. The number of piperidine rings is 1. The van der Waals surface area contributed by atoms with Crippen LogP contribution in [0.2, 0.25) is 0 Å². The van der Waals surface area contributed by atoms with E-state index in [0.717, 1.165) is 71.6 Å². The Balaban J connectivity index is 1.07. The fourth-order valence-corrected chi connectivity index (χ4v) is 5.64. The predicted octanol–water partition coefficient (Wildman–Crippen LogP) is 5.20. The molecule has 0 spiro atoms. The van der Waals surface area contributed by atoms with E-state index in [1.165, 1.54) is 5.56 Å². The first-order valence-electron chi connectivity index (χ1n) is 14.1. The molecule has 208 valence electrons. The maximum absolute atomic E-state index is 5.75. The van der Waals surface area contributed by atoms with Crippen LogP contribution in [0.5, 0.6) is 0 Å². The molecule has 5 heterocycles. The highest BCUT2D eigenvalue weighted by molar-refractivity contribution is 5.96. The van der Waals surface area contributed by atoms with E-state index in [1.807, 2.05) is 24.3 Å². The zero-order valence-corrected chi connectivity index (χ0v) is 23.0. The van der Waals surface area contributed by atoms with Crippen LogP contribution >= 0.6 is 0 Å². The predicted molar refractivity (Wildman–Crippen MR) is 163 cm³/mol. The van der Waals surface area contributed by atoms with Crippen molar-refractivity contribution in [2.24, 2.45) is 5.84 Å². The summed E-state index contributed by atoms with van der Waals surface area (Å²) in [6.07, 6.45) is 7.20. The minimum absolute atomic E-state index is 0.356. The molecule has 1 aliphatic heterocycles. The number of pyridine rings is 2. The highest BCUT2D eigenvalue weighted by atomic mass is 15.3. The summed E-state index contributed by atoms with van der Waals surface area (Å²) in [6, 6.07) is 24.9. The summed E-state index contributed by atoms with van der Waals surface area (Å²) in [5.74, 6) is 8.83. The Bertz CT molecular complexity index is 1800. The van der Waals surface area contributed by atoms with E-state index in [1.54, 1.807) is 24.7 Å². The van der Waals surface area contributed by atoms with Crippen molar-refractivity contribution in [3.05, 3.63) is 103 Å². The Hall–Kier alpha value is -5.06. The van der Waals surface area contributed by atoms with Crippen molar-refractivity contribution in [3.8, 4) is 34.0 Å². The van der Waals surface area contributed by atoms with Gasteiger partial charge in [0.05, 0.1) is 11.2 Å². The lowest BCUT2D eigenvalue weighted by molar-refractivity contribution is 0.202. The number of H-pyrrole nitrogens is 1. The molecule has 42 heavy (non-hydrogen) atoms. The second-order valence-electron chi connectivity index (χ2n) is 10.5. The maximum Gasteiger partial charge on any atom is 0.199 e. The molecule has 4 N–H and O–H groups in total. The molecule has 2 aromatic carbocycles. The van der Waals surface area contributed by atoms with Crippen molar-refractivity contribution in [1.82, 2.24) is 40.0 Å². The number of likely N-dealkylation sites (tertiary alicyclic amines) is 1. The van der Waals surface area contributed by atoms with Gasteiger partial charge in [-0.3, -0.25) is 4.90 Å². The summed E-state index contributed by atoms with van der Waals surface area (Å²) in [6.45, 7) is 2.90. The fourth-order valence-electron chi connectivity index (χ4n) is 5.64. The van der Waals surface area contributed by atoms with Crippen LogP contribution in [-0.4, -0.2) is 53.1 Å². The molecule has 0 amide bonds. The number of hydrazine groups is 1. The van der Waals surface area contributed by atoms with Gasteiger partial charge in [-0.1, -0.05) is 54.6 Å². The standard InChI is InChI=1S/C32H30N10/c33-39-30-26-19-25(22-5-2-1-3-6-22)28(37-27(26)11-16-36-30)23-9-7-21(8-10-23)20-42-17-12-24(13-18-42)29-38-32(41-40-29)31-34-14-4-15-35-31/h1-11,14-16,19,24H,12-13,17-18,20,33H2,(H,36,39)(H,38,40,41). The van der Waals surface area contributed by atoms with Gasteiger partial charge < -0.3 is 10.4 Å². The monoisotopic (exact) mass is 554 g/mol. The van der Waals surface area contributed by atoms with E-state index in [0.29, 0.717) is 23.4 Å². The molecule has 6 aromatic rings. The summed E-state index contributed by atoms with van der Waals surface area (Å²) in [4.78, 5) is 23.8. The second-order valence-corrected chi connectivity index (χ2v) is 10.5. The third-order valence-electron chi connectivity index (χ3n) is 7.85. The Morgan fingerprint density at radius 1 is 0.833 bits per heavy atom. The summed E-state index contributed by atoms with van der Waals surface area (Å²) >= 11 is 0. The first-order valence-corrected chi connectivity index (χ1v) is 14.1. The molecule has 0 unspecified atom stereocenters. The van der Waals surface area contributed by atoms with E-state index in [9.17, 15) is 0 Å². The van der Waals surface area contributed by atoms with E-state index in [4.69, 9.17) is 10.8 Å². The molecule has 0 saturated carbocycles. The van der Waals surface area contributed by atoms with E-state index in [-0.39, 0.29) is 0 Å². The molecule has 7 rings (SSSR count). The number of nitrogens with two attached hydrogens (primary N) is 1. The van der Waals surface area contributed by atoms with Crippen LogP contribution in [0.3, 0.4) is 0 Å². The average Bonchev–Trinajstić information content (AvgIpc) is 3.56. The van der Waals surface area contributed by atoms with Crippen molar-refractivity contribution < 1.29 is 0 Å². The van der Waals surface area contributed by atoms with E-state index >= 15 is 0 Å². The molecule has 1 saturated heterocycles. The summed E-state index contributed by atoms with van der Waals surface area (Å²) in [5, 5.41) is 9.56. The molecule has 0 aliphatic carbocycles. The second kappa shape index (κ2) is 11.4. The largest absolute Gasteiger partial charge is 0.322 e. The van der Waals surface area contributed by atoms with Crippen molar-refractivity contribution >= 4 is 16.7 Å². The number of anilines is 1. The molecule has 0 bridgehead atoms. The highest BCUT2D eigenvalue weighted by Crippen LogP contribution is 2.35. The molecule has 10 heteroatoms. The van der Waals surface area contributed by atoms with Crippen LogP contribution in [-0.2, 0) is 6.54 Å². The Morgan fingerprint density at radius 2 is 1.62 bits per heavy atom. The summed E-state index contributed by atoms with van der Waals surface area (Å²) in [7, 11) is 0. The number of nitrogens with zero attached hydrogens (tertiary/aromatic N) is 7. The van der Waals surface area contributed by atoms with Crippen LogP contribution in [0.15, 0.2) is 91.4 Å². The Kier molecular flexibility index (Phi) is 7.05. The average molecular weight is 555 g/mol. The number of fused-ring (bicyclic) bond motifs is 1. The van der Waals surface area contributed by atoms with Crippen molar-refractivity contribution in [2.75, 3.05) is 18.5 Å². The van der Waals surface area contributed by atoms with Gasteiger partial charge in [-0.2, -0.15) is 0 Å². The first-order chi connectivity index (χ1) is 20.7. The molecule has 10 nitrogen and oxygen atoms in total. The maximum atomic E-state index is 5.75. The van der Waals surface area contributed by atoms with Gasteiger partial charge in [0.25, 0.3) is 0 Å². The van der Waals surface area contributed by atoms with Crippen molar-refractivity contribution in [3.63, 3.8) is 0 Å². The van der Waals surface area contributed by atoms with Crippen molar-refractivity contribution in [2.45, 2.75) is 25.3 Å². The first kappa shape index (κ1) is 25.9. The topological polar surface area (TPSA) is 134 Å². The Labute approximate surface area is 243 Å². The number of rotatable bonds is 7. The van der Waals surface area contributed by atoms with Crippen LogP contribution in [0.4, 0.5) is 5.82 Å². The lowest BCUT2D eigenvalue weighted by Crippen LogP contribution is -2.32. The van der Waals surface area contributed by atoms with Crippen molar-refractivity contribution in [1.29, 1.82) is 0 Å².